The van der Waals surface area contributed by atoms with Crippen molar-refractivity contribution < 1.29 is 13.9 Å². The Balaban J connectivity index is 1.56. The normalized spacial score (nSPS) is 20.9. The molecule has 2 aromatic rings. The van der Waals surface area contributed by atoms with Crippen LogP contribution in [0.3, 0.4) is 0 Å². The number of morpholine rings is 1. The zero-order valence-corrected chi connectivity index (χ0v) is 15.9. The summed E-state index contributed by atoms with van der Waals surface area (Å²) in [6.45, 7) is 5.56. The number of anilines is 1. The minimum Gasteiger partial charge on any atom is -0.441 e. The smallest absolute Gasteiger partial charge is 0.266 e. The molecule has 0 N–H and O–H groups in total. The quantitative estimate of drug-likeness (QED) is 0.753. The maximum Gasteiger partial charge on any atom is 0.266 e. The monoisotopic (exact) mass is 383 g/mol. The SMILES string of the molecule is CCN1C(=O)C(=Cc2ccc(N3CCOCC3)o2)SC1=Nc1ccccc1. The van der Waals surface area contributed by atoms with Gasteiger partial charge in [-0.1, -0.05) is 18.2 Å². The van der Waals surface area contributed by atoms with Crippen LogP contribution in [0.2, 0.25) is 0 Å². The number of aliphatic imine (C=N–C) groups is 1. The van der Waals surface area contributed by atoms with E-state index in [1.54, 1.807) is 11.0 Å². The van der Waals surface area contributed by atoms with E-state index in [4.69, 9.17) is 9.15 Å². The zero-order chi connectivity index (χ0) is 18.6. The Morgan fingerprint density at radius 1 is 1.15 bits per heavy atom. The summed E-state index contributed by atoms with van der Waals surface area (Å²) in [7, 11) is 0. The number of ether oxygens (including phenoxy) is 1. The van der Waals surface area contributed by atoms with Gasteiger partial charge in [0.2, 0.25) is 0 Å². The number of likely N-dealkylation sites (N-methyl/N-ethyl adjacent to an activating group) is 1. The fourth-order valence-electron chi connectivity index (χ4n) is 2.99. The molecular formula is C20H21N3O3S. The fraction of sp³-hybridized carbons (Fsp3) is 0.300. The second-order valence-electron chi connectivity index (χ2n) is 6.17. The number of amidine groups is 1. The van der Waals surface area contributed by atoms with Crippen LogP contribution in [0.4, 0.5) is 11.6 Å². The van der Waals surface area contributed by atoms with Gasteiger partial charge in [0.1, 0.15) is 5.76 Å². The van der Waals surface area contributed by atoms with E-state index in [0.29, 0.717) is 35.6 Å². The van der Waals surface area contributed by atoms with Crippen molar-refractivity contribution in [1.29, 1.82) is 0 Å². The van der Waals surface area contributed by atoms with Gasteiger partial charge in [0, 0.05) is 31.8 Å². The largest absolute Gasteiger partial charge is 0.441 e. The lowest BCUT2D eigenvalue weighted by molar-refractivity contribution is -0.122. The second-order valence-corrected chi connectivity index (χ2v) is 7.17. The molecule has 1 aromatic heterocycles. The average Bonchev–Trinajstić information content (AvgIpc) is 3.28. The summed E-state index contributed by atoms with van der Waals surface area (Å²) >= 11 is 1.38. The van der Waals surface area contributed by atoms with Gasteiger partial charge in [-0.3, -0.25) is 9.69 Å². The van der Waals surface area contributed by atoms with Crippen molar-refractivity contribution in [3.8, 4) is 0 Å². The van der Waals surface area contributed by atoms with E-state index >= 15 is 0 Å². The van der Waals surface area contributed by atoms with Gasteiger partial charge in [-0.15, -0.1) is 0 Å². The summed E-state index contributed by atoms with van der Waals surface area (Å²) in [5, 5.41) is 0.694. The molecule has 1 aromatic carbocycles. The molecule has 0 radical (unpaired) electrons. The van der Waals surface area contributed by atoms with Crippen molar-refractivity contribution in [2.24, 2.45) is 4.99 Å². The van der Waals surface area contributed by atoms with Crippen LogP contribution in [0.5, 0.6) is 0 Å². The molecule has 2 aliphatic heterocycles. The van der Waals surface area contributed by atoms with Crippen molar-refractivity contribution in [2.45, 2.75) is 6.92 Å². The van der Waals surface area contributed by atoms with E-state index in [9.17, 15) is 4.79 Å². The third kappa shape index (κ3) is 3.94. The molecule has 2 aliphatic rings. The maximum absolute atomic E-state index is 12.7. The van der Waals surface area contributed by atoms with Gasteiger partial charge < -0.3 is 14.1 Å². The van der Waals surface area contributed by atoms with Crippen molar-refractivity contribution in [3.63, 3.8) is 0 Å². The molecule has 0 aliphatic carbocycles. The first kappa shape index (κ1) is 17.9. The first-order valence-corrected chi connectivity index (χ1v) is 9.84. The molecule has 0 unspecified atom stereocenters. The highest BCUT2D eigenvalue weighted by Crippen LogP contribution is 2.34. The lowest BCUT2D eigenvalue weighted by Crippen LogP contribution is -2.35. The third-order valence-corrected chi connectivity index (χ3v) is 5.40. The van der Waals surface area contributed by atoms with Crippen molar-refractivity contribution >= 4 is 40.5 Å². The lowest BCUT2D eigenvalue weighted by Gasteiger charge is -2.26. The first-order valence-electron chi connectivity index (χ1n) is 9.02. The molecule has 2 saturated heterocycles. The number of nitrogens with zero attached hydrogens (tertiary/aromatic N) is 3. The predicted molar refractivity (Wildman–Crippen MR) is 108 cm³/mol. The van der Waals surface area contributed by atoms with E-state index in [-0.39, 0.29) is 5.91 Å². The lowest BCUT2D eigenvalue weighted by atomic mass is 10.3. The number of para-hydroxylation sites is 1. The molecule has 0 saturated carbocycles. The summed E-state index contributed by atoms with van der Waals surface area (Å²) in [4.78, 5) is 21.8. The molecule has 3 heterocycles. The van der Waals surface area contributed by atoms with Crippen LogP contribution in [-0.2, 0) is 9.53 Å². The number of furan rings is 1. The van der Waals surface area contributed by atoms with Crippen LogP contribution in [-0.4, -0.2) is 48.8 Å². The van der Waals surface area contributed by atoms with Gasteiger partial charge in [-0.25, -0.2) is 4.99 Å². The number of rotatable bonds is 4. The first-order chi connectivity index (χ1) is 13.2. The molecular weight excluding hydrogens is 362 g/mol. The molecule has 6 nitrogen and oxygen atoms in total. The van der Waals surface area contributed by atoms with E-state index in [1.807, 2.05) is 49.4 Å². The highest BCUT2D eigenvalue weighted by atomic mass is 32.2. The number of carbonyl (C=O) groups excluding carboxylic acids is 1. The van der Waals surface area contributed by atoms with Gasteiger partial charge in [0.05, 0.1) is 23.8 Å². The van der Waals surface area contributed by atoms with Gasteiger partial charge in [0.25, 0.3) is 5.91 Å². The fourth-order valence-corrected chi connectivity index (χ4v) is 4.03. The molecule has 0 spiro atoms. The van der Waals surface area contributed by atoms with Crippen LogP contribution in [0.25, 0.3) is 6.08 Å². The highest BCUT2D eigenvalue weighted by Gasteiger charge is 2.32. The molecule has 1 amide bonds. The Kier molecular flexibility index (Phi) is 5.31. The molecule has 7 heteroatoms. The second kappa shape index (κ2) is 8.02. The number of benzene rings is 1. The number of carbonyl (C=O) groups is 1. The van der Waals surface area contributed by atoms with Gasteiger partial charge >= 0.3 is 0 Å². The van der Waals surface area contributed by atoms with E-state index in [1.165, 1.54) is 11.8 Å². The van der Waals surface area contributed by atoms with Gasteiger partial charge in [0.15, 0.2) is 11.1 Å². The number of hydrogen-bond donors (Lipinski definition) is 0. The molecule has 0 atom stereocenters. The summed E-state index contributed by atoms with van der Waals surface area (Å²) in [5.74, 6) is 1.44. The number of hydrogen-bond acceptors (Lipinski definition) is 6. The Bertz CT molecular complexity index is 870. The average molecular weight is 383 g/mol. The van der Waals surface area contributed by atoms with E-state index in [2.05, 4.69) is 9.89 Å². The van der Waals surface area contributed by atoms with Crippen molar-refractivity contribution in [3.05, 3.63) is 53.1 Å². The minimum atomic E-state index is -0.0403. The van der Waals surface area contributed by atoms with Crippen molar-refractivity contribution in [2.75, 3.05) is 37.7 Å². The van der Waals surface area contributed by atoms with Gasteiger partial charge in [-0.2, -0.15) is 0 Å². The van der Waals surface area contributed by atoms with Crippen LogP contribution in [0, 0.1) is 0 Å². The topological polar surface area (TPSA) is 58.3 Å². The number of thioether (sulfide) groups is 1. The van der Waals surface area contributed by atoms with Crippen molar-refractivity contribution in [1.82, 2.24) is 4.90 Å². The molecule has 2 fully saturated rings. The maximum atomic E-state index is 12.7. The van der Waals surface area contributed by atoms with Crippen LogP contribution >= 0.6 is 11.8 Å². The highest BCUT2D eigenvalue weighted by molar-refractivity contribution is 8.18. The zero-order valence-electron chi connectivity index (χ0n) is 15.1. The summed E-state index contributed by atoms with van der Waals surface area (Å²) in [6.07, 6.45) is 1.80. The van der Waals surface area contributed by atoms with Crippen LogP contribution < -0.4 is 4.90 Å². The summed E-state index contributed by atoms with van der Waals surface area (Å²) < 4.78 is 11.3. The molecule has 0 bridgehead atoms. The van der Waals surface area contributed by atoms with E-state index < -0.39 is 0 Å². The Hall–Kier alpha value is -2.51. The Morgan fingerprint density at radius 2 is 1.93 bits per heavy atom. The Morgan fingerprint density at radius 3 is 2.67 bits per heavy atom. The van der Waals surface area contributed by atoms with Crippen LogP contribution in [0.15, 0.2) is 56.8 Å². The van der Waals surface area contributed by atoms with Gasteiger partial charge in [-0.05, 0) is 36.9 Å². The van der Waals surface area contributed by atoms with Crippen LogP contribution in [0.1, 0.15) is 12.7 Å². The minimum absolute atomic E-state index is 0.0403. The molecule has 27 heavy (non-hydrogen) atoms. The summed E-state index contributed by atoms with van der Waals surface area (Å²) in [6, 6.07) is 13.5. The predicted octanol–water partition coefficient (Wildman–Crippen LogP) is 3.74. The third-order valence-electron chi connectivity index (χ3n) is 4.39. The summed E-state index contributed by atoms with van der Waals surface area (Å²) in [5.41, 5.74) is 0.833. The molecule has 4 rings (SSSR count). The standard InChI is InChI=1S/C20H21N3O3S/c1-2-23-19(24)17(27-20(23)21-15-6-4-3-5-7-15)14-16-8-9-18(26-16)22-10-12-25-13-11-22/h3-9,14H,2,10-13H2,1H3. The number of amides is 1. The Labute approximate surface area is 162 Å². The molecule has 140 valence electrons. The van der Waals surface area contributed by atoms with E-state index in [0.717, 1.165) is 24.7 Å².